The molecule has 1 aromatic carbocycles. The van der Waals surface area contributed by atoms with Gasteiger partial charge in [-0.15, -0.1) is 0 Å². The van der Waals surface area contributed by atoms with Crippen LogP contribution in [0.15, 0.2) is 35.2 Å². The van der Waals surface area contributed by atoms with E-state index >= 15 is 0 Å². The van der Waals surface area contributed by atoms with Crippen molar-refractivity contribution in [1.82, 2.24) is 0 Å². The van der Waals surface area contributed by atoms with Gasteiger partial charge in [-0.2, -0.15) is 0 Å². The largest absolute Gasteiger partial charge is 0.463 e. The minimum absolute atomic E-state index is 0.0611. The maximum atomic E-state index is 11.7. The number of hydrogen-bond acceptors (Lipinski definition) is 6. The van der Waals surface area contributed by atoms with E-state index in [1.165, 1.54) is 13.2 Å². The lowest BCUT2D eigenvalue weighted by atomic mass is 10.1. The summed E-state index contributed by atoms with van der Waals surface area (Å²) in [6, 6.07) is 5.53. The topological polar surface area (TPSA) is 77.4 Å². The number of esters is 1. The molecule has 0 unspecified atom stereocenters. The number of carbonyl (C=O) groups is 1. The fourth-order valence-corrected chi connectivity index (χ4v) is 1.81. The Morgan fingerprint density at radius 3 is 2.75 bits per heavy atom. The van der Waals surface area contributed by atoms with Gasteiger partial charge >= 0.3 is 5.97 Å². The number of methoxy groups -OCH3 is 1. The number of aliphatic hydroxyl groups excluding tert-OH is 1. The van der Waals surface area contributed by atoms with Crippen molar-refractivity contribution >= 4 is 11.7 Å². The van der Waals surface area contributed by atoms with Gasteiger partial charge in [0.15, 0.2) is 0 Å². The number of aliphatic hydroxyl groups is 1. The zero-order valence-corrected chi connectivity index (χ0v) is 14.7. The number of nitrogens with zero attached hydrogens (tertiary/aromatic N) is 1. The number of rotatable bonds is 9. The minimum Gasteiger partial charge on any atom is -0.463 e. The average molecular weight is 335 g/mol. The van der Waals surface area contributed by atoms with Crippen LogP contribution in [-0.2, 0) is 14.4 Å². The zero-order valence-electron chi connectivity index (χ0n) is 14.7. The first-order valence-corrected chi connectivity index (χ1v) is 7.88. The molecule has 24 heavy (non-hydrogen) atoms. The molecule has 0 aliphatic heterocycles. The molecule has 0 atom stereocenters. The molecule has 0 heterocycles. The predicted octanol–water partition coefficient (Wildman–Crippen LogP) is 2.96. The number of hydrogen-bond donors (Lipinski definition) is 1. The van der Waals surface area contributed by atoms with E-state index < -0.39 is 5.97 Å². The van der Waals surface area contributed by atoms with Gasteiger partial charge in [0.1, 0.15) is 12.4 Å². The summed E-state index contributed by atoms with van der Waals surface area (Å²) in [6.45, 7) is 6.04. The molecule has 6 nitrogen and oxygen atoms in total. The molecule has 0 bridgehead atoms. The zero-order chi connectivity index (χ0) is 17.9. The van der Waals surface area contributed by atoms with Crippen molar-refractivity contribution in [3.63, 3.8) is 0 Å². The Kier molecular flexibility index (Phi) is 8.57. The summed E-state index contributed by atoms with van der Waals surface area (Å²) in [7, 11) is 1.25. The first kappa shape index (κ1) is 19.7. The third-order valence-electron chi connectivity index (χ3n) is 3.28. The summed E-state index contributed by atoms with van der Waals surface area (Å²) in [5.41, 5.74) is 2.37. The quantitative estimate of drug-likeness (QED) is 0.187. The number of oxime groups is 1. The highest BCUT2D eigenvalue weighted by molar-refractivity contribution is 5.98. The molecule has 0 fully saturated rings. The summed E-state index contributed by atoms with van der Waals surface area (Å²) < 4.78 is 10.2. The molecule has 0 aliphatic carbocycles. The highest BCUT2D eigenvalue weighted by Gasteiger charge is 2.14. The van der Waals surface area contributed by atoms with Crippen LogP contribution in [0, 0.1) is 6.92 Å². The van der Waals surface area contributed by atoms with Crippen molar-refractivity contribution in [2.24, 2.45) is 5.16 Å². The average Bonchev–Trinajstić information content (AvgIpc) is 2.59. The first-order chi connectivity index (χ1) is 11.5. The normalized spacial score (nSPS) is 12.0. The molecule has 0 radical (unpaired) electrons. The van der Waals surface area contributed by atoms with E-state index in [-0.39, 0.29) is 12.4 Å². The molecule has 1 rings (SSSR count). The van der Waals surface area contributed by atoms with Crippen molar-refractivity contribution in [2.45, 2.75) is 33.6 Å². The maximum Gasteiger partial charge on any atom is 0.373 e. The first-order valence-electron chi connectivity index (χ1n) is 7.88. The molecule has 0 saturated heterocycles. The van der Waals surface area contributed by atoms with Crippen LogP contribution < -0.4 is 4.74 Å². The van der Waals surface area contributed by atoms with Crippen molar-refractivity contribution < 1.29 is 24.2 Å². The molecule has 0 aromatic heterocycles. The highest BCUT2D eigenvalue weighted by atomic mass is 16.6. The lowest BCUT2D eigenvalue weighted by Crippen LogP contribution is -2.12. The number of carbonyl (C=O) groups excluding carboxylic acids is 1. The Morgan fingerprint density at radius 2 is 2.12 bits per heavy atom. The van der Waals surface area contributed by atoms with Crippen LogP contribution in [0.5, 0.6) is 5.75 Å². The lowest BCUT2D eigenvalue weighted by Gasteiger charge is -2.12. The minimum atomic E-state index is -0.651. The molecule has 1 N–H and O–H groups in total. The van der Waals surface area contributed by atoms with Gasteiger partial charge < -0.3 is 19.4 Å². The van der Waals surface area contributed by atoms with E-state index in [9.17, 15) is 4.79 Å². The Hall–Kier alpha value is -2.34. The Bertz CT molecular complexity index is 607. The summed E-state index contributed by atoms with van der Waals surface area (Å²) in [5, 5.41) is 13.1. The number of aryl methyl sites for hydroxylation is 1. The summed E-state index contributed by atoms with van der Waals surface area (Å²) in [5.74, 6) is -0.225. The third kappa shape index (κ3) is 6.04. The second kappa shape index (κ2) is 10.4. The highest BCUT2D eigenvalue weighted by Crippen LogP contribution is 2.23. The molecular formula is C18H25NO5. The second-order valence-corrected chi connectivity index (χ2v) is 5.19. The predicted molar refractivity (Wildman–Crippen MR) is 92.1 cm³/mol. The van der Waals surface area contributed by atoms with Gasteiger partial charge in [0.2, 0.25) is 5.76 Å². The Balaban J connectivity index is 2.96. The van der Waals surface area contributed by atoms with E-state index in [1.54, 1.807) is 6.07 Å². The lowest BCUT2D eigenvalue weighted by molar-refractivity contribution is -0.138. The van der Waals surface area contributed by atoms with Crippen LogP contribution in [0.25, 0.3) is 0 Å². The van der Waals surface area contributed by atoms with Gasteiger partial charge in [-0.1, -0.05) is 30.6 Å². The van der Waals surface area contributed by atoms with Gasteiger partial charge in [-0.05, 0) is 38.0 Å². The standard InChI is InChI=1S/C18H25NO5/c1-5-6-11-23-19-14(3)15-8-7-13(2)17(12-15)24-16(9-10-20)18(21)22-4/h7-9,12,20H,5-6,10-11H2,1-4H3/b16-9-,19-14+. The van der Waals surface area contributed by atoms with E-state index in [0.717, 1.165) is 24.0 Å². The van der Waals surface area contributed by atoms with Gasteiger partial charge in [0, 0.05) is 5.56 Å². The molecule has 1 aromatic rings. The number of ether oxygens (including phenoxy) is 2. The van der Waals surface area contributed by atoms with Crippen LogP contribution in [0.1, 0.15) is 37.8 Å². The fraction of sp³-hybridized carbons (Fsp3) is 0.444. The van der Waals surface area contributed by atoms with Gasteiger partial charge in [0.25, 0.3) is 0 Å². The number of benzene rings is 1. The van der Waals surface area contributed by atoms with E-state index in [0.29, 0.717) is 18.1 Å². The fourth-order valence-electron chi connectivity index (χ4n) is 1.81. The smallest absolute Gasteiger partial charge is 0.373 e. The van der Waals surface area contributed by atoms with Crippen LogP contribution in [0.3, 0.4) is 0 Å². The summed E-state index contributed by atoms with van der Waals surface area (Å²) >= 11 is 0. The Labute approximate surface area is 142 Å². The van der Waals surface area contributed by atoms with Crippen LogP contribution in [-0.4, -0.2) is 37.1 Å². The van der Waals surface area contributed by atoms with Crippen molar-refractivity contribution in [2.75, 3.05) is 20.3 Å². The molecule has 0 aliphatic rings. The van der Waals surface area contributed by atoms with Crippen molar-refractivity contribution in [1.29, 1.82) is 0 Å². The molecule has 132 valence electrons. The van der Waals surface area contributed by atoms with Crippen molar-refractivity contribution in [3.05, 3.63) is 41.2 Å². The summed E-state index contributed by atoms with van der Waals surface area (Å²) in [6.07, 6.45) is 3.25. The third-order valence-corrected chi connectivity index (χ3v) is 3.28. The van der Waals surface area contributed by atoms with Gasteiger partial charge in [0.05, 0.1) is 19.4 Å². The molecule has 6 heteroatoms. The van der Waals surface area contributed by atoms with Gasteiger partial charge in [-0.25, -0.2) is 4.79 Å². The monoisotopic (exact) mass is 335 g/mol. The summed E-state index contributed by atoms with van der Waals surface area (Å²) in [4.78, 5) is 16.9. The van der Waals surface area contributed by atoms with Crippen LogP contribution >= 0.6 is 0 Å². The van der Waals surface area contributed by atoms with Gasteiger partial charge in [-0.3, -0.25) is 0 Å². The SMILES string of the molecule is CCCCO/N=C(\C)c1ccc(C)c(O/C(=C\CO)C(=O)OC)c1. The maximum absolute atomic E-state index is 11.7. The second-order valence-electron chi connectivity index (χ2n) is 5.19. The van der Waals surface area contributed by atoms with Crippen LogP contribution in [0.4, 0.5) is 0 Å². The van der Waals surface area contributed by atoms with E-state index in [1.807, 2.05) is 26.0 Å². The molecule has 0 spiro atoms. The molecule has 0 saturated carbocycles. The van der Waals surface area contributed by atoms with Crippen molar-refractivity contribution in [3.8, 4) is 5.75 Å². The van der Waals surface area contributed by atoms with E-state index in [4.69, 9.17) is 14.7 Å². The number of unbranched alkanes of at least 4 members (excludes halogenated alkanes) is 1. The molecular weight excluding hydrogens is 310 g/mol. The Morgan fingerprint density at radius 1 is 1.38 bits per heavy atom. The van der Waals surface area contributed by atoms with E-state index in [2.05, 4.69) is 16.8 Å². The molecule has 0 amide bonds. The van der Waals surface area contributed by atoms with Crippen LogP contribution in [0.2, 0.25) is 0 Å².